The lowest BCUT2D eigenvalue weighted by Crippen LogP contribution is -2.25. The molecule has 0 heterocycles. The number of aliphatic hydroxyl groups is 1. The van der Waals surface area contributed by atoms with Crippen molar-refractivity contribution in [1.29, 1.82) is 0 Å². The zero-order valence-corrected chi connectivity index (χ0v) is 19.7. The summed E-state index contributed by atoms with van der Waals surface area (Å²) in [5.74, 6) is -1.41. The van der Waals surface area contributed by atoms with Crippen molar-refractivity contribution in [3.05, 3.63) is 0 Å². The monoisotopic (exact) mass is 430 g/mol. The van der Waals surface area contributed by atoms with Gasteiger partial charge in [-0.15, -0.1) is 0 Å². The Morgan fingerprint density at radius 2 is 1.30 bits per heavy atom. The van der Waals surface area contributed by atoms with Gasteiger partial charge >= 0.3 is 11.9 Å². The molecule has 0 spiro atoms. The Bertz CT molecular complexity index is 413. The van der Waals surface area contributed by atoms with Crippen molar-refractivity contribution in [2.45, 2.75) is 97.8 Å². The van der Waals surface area contributed by atoms with Gasteiger partial charge < -0.3 is 19.3 Å². The summed E-state index contributed by atoms with van der Waals surface area (Å²) in [6.07, 6.45) is 13.9. The Morgan fingerprint density at radius 3 is 1.87 bits per heavy atom. The van der Waals surface area contributed by atoms with Crippen molar-refractivity contribution in [2.75, 3.05) is 33.0 Å². The largest absolute Gasteiger partial charge is 0.463 e. The second-order valence-corrected chi connectivity index (χ2v) is 8.09. The Kier molecular flexibility index (Phi) is 20.3. The van der Waals surface area contributed by atoms with Gasteiger partial charge in [0.1, 0.15) is 13.2 Å². The van der Waals surface area contributed by atoms with Crippen LogP contribution in [0.3, 0.4) is 0 Å². The summed E-state index contributed by atoms with van der Waals surface area (Å²) in [5.41, 5.74) is 0. The van der Waals surface area contributed by atoms with E-state index in [4.69, 9.17) is 19.3 Å². The molecule has 0 aliphatic heterocycles. The third-order valence-electron chi connectivity index (χ3n) is 5.32. The average Bonchev–Trinajstić information content (AvgIpc) is 2.75. The van der Waals surface area contributed by atoms with Crippen molar-refractivity contribution in [3.8, 4) is 0 Å². The van der Waals surface area contributed by atoms with Crippen LogP contribution in [0.2, 0.25) is 0 Å². The van der Waals surface area contributed by atoms with E-state index in [-0.39, 0.29) is 43.6 Å². The van der Waals surface area contributed by atoms with Gasteiger partial charge in [-0.2, -0.15) is 0 Å². The topological polar surface area (TPSA) is 82.1 Å². The zero-order valence-electron chi connectivity index (χ0n) is 19.7. The molecule has 0 amide bonds. The molecule has 0 rings (SSSR count). The lowest BCUT2D eigenvalue weighted by atomic mass is 9.94. The van der Waals surface area contributed by atoms with Gasteiger partial charge in [0, 0.05) is 6.61 Å². The molecule has 0 aliphatic carbocycles. The lowest BCUT2D eigenvalue weighted by Gasteiger charge is -2.17. The number of aliphatic hydroxyl groups excluding tert-OH is 1. The first-order chi connectivity index (χ1) is 14.6. The molecule has 6 nitrogen and oxygen atoms in total. The molecule has 2 unspecified atom stereocenters. The molecule has 0 fully saturated rings. The molecule has 0 saturated heterocycles. The standard InChI is InChI=1S/C24H46O6/c1-4-6-7-8-9-10-11-12-13-14-16-28-18-19-30-23(26)21(3)20-22(5-2)24(27)29-17-15-25/h21-22,25H,4-20H2,1-3H3. The molecule has 30 heavy (non-hydrogen) atoms. The van der Waals surface area contributed by atoms with Crippen molar-refractivity contribution >= 4 is 11.9 Å². The molecule has 178 valence electrons. The molecule has 0 aromatic heterocycles. The number of hydrogen-bond donors (Lipinski definition) is 1. The van der Waals surface area contributed by atoms with Gasteiger partial charge in [-0.05, 0) is 19.3 Å². The van der Waals surface area contributed by atoms with Gasteiger partial charge in [-0.25, -0.2) is 0 Å². The molecule has 0 aromatic carbocycles. The van der Waals surface area contributed by atoms with Crippen molar-refractivity contribution in [2.24, 2.45) is 11.8 Å². The van der Waals surface area contributed by atoms with E-state index in [0.29, 0.717) is 26.1 Å². The van der Waals surface area contributed by atoms with Crippen molar-refractivity contribution in [3.63, 3.8) is 0 Å². The zero-order chi connectivity index (χ0) is 22.5. The highest BCUT2D eigenvalue weighted by molar-refractivity contribution is 5.75. The van der Waals surface area contributed by atoms with Crippen LogP contribution in [-0.2, 0) is 23.8 Å². The second kappa shape index (κ2) is 21.1. The number of ether oxygens (including phenoxy) is 3. The Morgan fingerprint density at radius 1 is 0.733 bits per heavy atom. The minimum absolute atomic E-state index is 0.00938. The average molecular weight is 431 g/mol. The number of carbonyl (C=O) groups excluding carboxylic acids is 2. The van der Waals surface area contributed by atoms with E-state index in [1.807, 2.05) is 6.92 Å². The second-order valence-electron chi connectivity index (χ2n) is 8.09. The number of esters is 2. The van der Waals surface area contributed by atoms with Gasteiger partial charge in [0.2, 0.25) is 0 Å². The van der Waals surface area contributed by atoms with Gasteiger partial charge in [0.25, 0.3) is 0 Å². The molecule has 0 saturated carbocycles. The SMILES string of the molecule is CCCCCCCCCCCCOCCOC(=O)C(C)CC(CC)C(=O)OCCO. The fraction of sp³-hybridized carbons (Fsp3) is 0.917. The van der Waals surface area contributed by atoms with Crippen LogP contribution in [0.5, 0.6) is 0 Å². The molecular formula is C24H46O6. The number of hydrogen-bond acceptors (Lipinski definition) is 6. The van der Waals surface area contributed by atoms with Gasteiger partial charge in [0.15, 0.2) is 0 Å². The van der Waals surface area contributed by atoms with Crippen LogP contribution in [0.25, 0.3) is 0 Å². The third-order valence-corrected chi connectivity index (χ3v) is 5.32. The summed E-state index contributed by atoms with van der Waals surface area (Å²) >= 11 is 0. The summed E-state index contributed by atoms with van der Waals surface area (Å²) in [4.78, 5) is 24.0. The van der Waals surface area contributed by atoms with Crippen LogP contribution in [0.1, 0.15) is 97.8 Å². The normalized spacial score (nSPS) is 13.1. The predicted molar refractivity (Wildman–Crippen MR) is 119 cm³/mol. The van der Waals surface area contributed by atoms with Gasteiger partial charge in [-0.3, -0.25) is 9.59 Å². The van der Waals surface area contributed by atoms with Crippen molar-refractivity contribution in [1.82, 2.24) is 0 Å². The maximum atomic E-state index is 12.1. The fourth-order valence-corrected chi connectivity index (χ4v) is 3.35. The number of carbonyl (C=O) groups is 2. The highest BCUT2D eigenvalue weighted by Gasteiger charge is 2.25. The van der Waals surface area contributed by atoms with E-state index in [1.54, 1.807) is 6.92 Å². The molecular weight excluding hydrogens is 384 g/mol. The maximum absolute atomic E-state index is 12.1. The van der Waals surface area contributed by atoms with Gasteiger partial charge in [0.05, 0.1) is 25.0 Å². The first kappa shape index (κ1) is 28.9. The third kappa shape index (κ3) is 16.6. The van der Waals surface area contributed by atoms with Crippen LogP contribution in [0.15, 0.2) is 0 Å². The number of unbranched alkanes of at least 4 members (excludes halogenated alkanes) is 9. The van der Waals surface area contributed by atoms with E-state index in [2.05, 4.69) is 6.92 Å². The quantitative estimate of drug-likeness (QED) is 0.203. The Balaban J connectivity index is 3.60. The first-order valence-corrected chi connectivity index (χ1v) is 12.1. The minimum Gasteiger partial charge on any atom is -0.463 e. The summed E-state index contributed by atoms with van der Waals surface area (Å²) in [6, 6.07) is 0. The Labute approximate surface area is 184 Å². The summed E-state index contributed by atoms with van der Waals surface area (Å²) in [5, 5.41) is 8.73. The predicted octanol–water partition coefficient (Wildman–Crippen LogP) is 5.06. The van der Waals surface area contributed by atoms with E-state index in [1.165, 1.54) is 57.8 Å². The van der Waals surface area contributed by atoms with E-state index in [9.17, 15) is 9.59 Å². The number of rotatable bonds is 21. The Hall–Kier alpha value is -1.14. The van der Waals surface area contributed by atoms with Crippen LogP contribution >= 0.6 is 0 Å². The molecule has 2 atom stereocenters. The summed E-state index contributed by atoms with van der Waals surface area (Å²) in [6.45, 7) is 7.04. The van der Waals surface area contributed by atoms with E-state index < -0.39 is 0 Å². The molecule has 0 radical (unpaired) electrons. The van der Waals surface area contributed by atoms with Crippen LogP contribution < -0.4 is 0 Å². The lowest BCUT2D eigenvalue weighted by molar-refractivity contribution is -0.153. The first-order valence-electron chi connectivity index (χ1n) is 12.1. The summed E-state index contributed by atoms with van der Waals surface area (Å²) < 4.78 is 15.7. The molecule has 0 aliphatic rings. The van der Waals surface area contributed by atoms with E-state index in [0.717, 1.165) is 6.42 Å². The van der Waals surface area contributed by atoms with Crippen LogP contribution in [0, 0.1) is 11.8 Å². The minimum atomic E-state index is -0.376. The highest BCUT2D eigenvalue weighted by Crippen LogP contribution is 2.18. The summed E-state index contributed by atoms with van der Waals surface area (Å²) in [7, 11) is 0. The fourth-order valence-electron chi connectivity index (χ4n) is 3.35. The van der Waals surface area contributed by atoms with Crippen LogP contribution in [-0.4, -0.2) is 50.1 Å². The van der Waals surface area contributed by atoms with Crippen molar-refractivity contribution < 1.29 is 28.9 Å². The van der Waals surface area contributed by atoms with E-state index >= 15 is 0 Å². The molecule has 0 bridgehead atoms. The smallest absolute Gasteiger partial charge is 0.309 e. The van der Waals surface area contributed by atoms with Gasteiger partial charge in [-0.1, -0.05) is 78.6 Å². The molecule has 1 N–H and O–H groups in total. The molecule has 0 aromatic rings. The molecule has 6 heteroatoms. The maximum Gasteiger partial charge on any atom is 0.309 e. The highest BCUT2D eigenvalue weighted by atomic mass is 16.6. The van der Waals surface area contributed by atoms with Crippen LogP contribution in [0.4, 0.5) is 0 Å².